The van der Waals surface area contributed by atoms with E-state index < -0.39 is 0 Å². The summed E-state index contributed by atoms with van der Waals surface area (Å²) in [6.45, 7) is 4.34. The van der Waals surface area contributed by atoms with E-state index in [0.717, 1.165) is 18.8 Å². The molecule has 15 heavy (non-hydrogen) atoms. The van der Waals surface area contributed by atoms with E-state index in [2.05, 4.69) is 32.0 Å². The van der Waals surface area contributed by atoms with Crippen LogP contribution < -0.4 is 0 Å². The van der Waals surface area contributed by atoms with Crippen molar-refractivity contribution in [3.8, 4) is 0 Å². The first-order valence-corrected chi connectivity index (χ1v) is 6.30. The van der Waals surface area contributed by atoms with E-state index in [4.69, 9.17) is 11.6 Å². The number of alkyl halides is 1. The highest BCUT2D eigenvalue weighted by atomic mass is 35.5. The summed E-state index contributed by atoms with van der Waals surface area (Å²) in [7, 11) is 0. The lowest BCUT2D eigenvalue weighted by atomic mass is 10.0. The Bertz CT molecular complexity index is 339. The molecule has 0 aromatic heterocycles. The molecular weight excluding hydrogens is 204 g/mol. The summed E-state index contributed by atoms with van der Waals surface area (Å²) in [5, 5.41) is 0.409. The molecule has 0 amide bonds. The second-order valence-corrected chi connectivity index (χ2v) is 5.37. The van der Waals surface area contributed by atoms with Crippen molar-refractivity contribution in [2.24, 2.45) is 5.92 Å². The number of rotatable bonds is 4. The third-order valence-corrected chi connectivity index (χ3v) is 3.99. The molecular formula is C14H19Cl. The van der Waals surface area contributed by atoms with E-state index in [1.54, 1.807) is 0 Å². The molecule has 2 rings (SSSR count). The Morgan fingerprint density at radius 2 is 2.00 bits per heavy atom. The monoisotopic (exact) mass is 222 g/mol. The average Bonchev–Trinajstić information content (AvgIpc) is 3.03. The van der Waals surface area contributed by atoms with Gasteiger partial charge in [0.2, 0.25) is 0 Å². The van der Waals surface area contributed by atoms with Crippen LogP contribution in [0.2, 0.25) is 0 Å². The van der Waals surface area contributed by atoms with Gasteiger partial charge in [-0.2, -0.15) is 0 Å². The summed E-state index contributed by atoms with van der Waals surface area (Å²) in [6.07, 6.45) is 4.96. The molecule has 1 heteroatoms. The van der Waals surface area contributed by atoms with Crippen LogP contribution in [0.25, 0.3) is 0 Å². The van der Waals surface area contributed by atoms with E-state index in [1.807, 2.05) is 0 Å². The first kappa shape index (κ1) is 11.0. The van der Waals surface area contributed by atoms with Crippen molar-refractivity contribution >= 4 is 11.6 Å². The molecule has 0 radical (unpaired) electrons. The van der Waals surface area contributed by atoms with Gasteiger partial charge in [0.05, 0.1) is 0 Å². The Balaban J connectivity index is 1.89. The summed E-state index contributed by atoms with van der Waals surface area (Å²) < 4.78 is 0. The molecule has 1 saturated carbocycles. The Morgan fingerprint density at radius 1 is 1.27 bits per heavy atom. The lowest BCUT2D eigenvalue weighted by Crippen LogP contribution is -2.03. The molecule has 1 atom stereocenters. The maximum Gasteiger partial charge on any atom is 0.0367 e. The minimum atomic E-state index is 0.409. The van der Waals surface area contributed by atoms with E-state index in [1.165, 1.54) is 29.5 Å². The summed E-state index contributed by atoms with van der Waals surface area (Å²) in [5.41, 5.74) is 4.21. The lowest BCUT2D eigenvalue weighted by Gasteiger charge is -2.09. The van der Waals surface area contributed by atoms with Gasteiger partial charge in [0.1, 0.15) is 0 Å². The highest BCUT2D eigenvalue weighted by Crippen LogP contribution is 2.37. The van der Waals surface area contributed by atoms with Gasteiger partial charge in [-0.1, -0.05) is 18.2 Å². The van der Waals surface area contributed by atoms with Crippen molar-refractivity contribution in [1.82, 2.24) is 0 Å². The average molecular weight is 223 g/mol. The summed E-state index contributed by atoms with van der Waals surface area (Å²) in [4.78, 5) is 0. The van der Waals surface area contributed by atoms with Crippen LogP contribution in [0.15, 0.2) is 18.2 Å². The topological polar surface area (TPSA) is 0 Å². The highest BCUT2D eigenvalue weighted by molar-refractivity contribution is 6.20. The summed E-state index contributed by atoms with van der Waals surface area (Å²) >= 11 is 6.30. The van der Waals surface area contributed by atoms with Gasteiger partial charge < -0.3 is 0 Å². The fourth-order valence-corrected chi connectivity index (χ4v) is 2.32. The van der Waals surface area contributed by atoms with Crippen LogP contribution in [-0.4, -0.2) is 5.38 Å². The maximum absolute atomic E-state index is 6.30. The van der Waals surface area contributed by atoms with Crippen molar-refractivity contribution in [1.29, 1.82) is 0 Å². The molecule has 0 N–H and O–H groups in total. The zero-order chi connectivity index (χ0) is 10.8. The number of aryl methyl sites for hydroxylation is 3. The minimum Gasteiger partial charge on any atom is -0.123 e. The molecule has 0 saturated heterocycles. The van der Waals surface area contributed by atoms with Crippen LogP contribution >= 0.6 is 11.6 Å². The highest BCUT2D eigenvalue weighted by Gasteiger charge is 2.29. The standard InChI is InChI=1S/C14H19Cl/c1-10-3-4-12(9-11(10)2)5-8-14(15)13-6-7-13/h3-4,9,13-14H,5-8H2,1-2H3. The van der Waals surface area contributed by atoms with Gasteiger partial charge in [-0.25, -0.2) is 0 Å². The zero-order valence-corrected chi connectivity index (χ0v) is 10.3. The first-order valence-electron chi connectivity index (χ1n) is 5.87. The van der Waals surface area contributed by atoms with Crippen LogP contribution in [0.3, 0.4) is 0 Å². The predicted octanol–water partition coefficient (Wildman–Crippen LogP) is 4.25. The molecule has 0 nitrogen and oxygen atoms in total. The molecule has 1 aliphatic rings. The van der Waals surface area contributed by atoms with Crippen LogP contribution in [0.1, 0.15) is 36.0 Å². The first-order chi connectivity index (χ1) is 7.16. The van der Waals surface area contributed by atoms with Crippen LogP contribution in [0, 0.1) is 19.8 Å². The van der Waals surface area contributed by atoms with Gasteiger partial charge in [-0.3, -0.25) is 0 Å². The van der Waals surface area contributed by atoms with E-state index in [9.17, 15) is 0 Å². The van der Waals surface area contributed by atoms with E-state index in [0.29, 0.717) is 5.38 Å². The Morgan fingerprint density at radius 3 is 2.60 bits per heavy atom. The SMILES string of the molecule is Cc1ccc(CCC(Cl)C2CC2)cc1C. The molecule has 0 bridgehead atoms. The van der Waals surface area contributed by atoms with Gasteiger partial charge >= 0.3 is 0 Å². The normalized spacial score (nSPS) is 17.8. The van der Waals surface area contributed by atoms with Crippen LogP contribution in [0.5, 0.6) is 0 Å². The molecule has 0 spiro atoms. The van der Waals surface area contributed by atoms with Crippen LogP contribution in [0.4, 0.5) is 0 Å². The van der Waals surface area contributed by atoms with Gasteiger partial charge in [0.15, 0.2) is 0 Å². The van der Waals surface area contributed by atoms with Crippen molar-refractivity contribution in [2.75, 3.05) is 0 Å². The van der Waals surface area contributed by atoms with Crippen molar-refractivity contribution < 1.29 is 0 Å². The minimum absolute atomic E-state index is 0.409. The number of halogens is 1. The lowest BCUT2D eigenvalue weighted by molar-refractivity contribution is 0.676. The largest absolute Gasteiger partial charge is 0.123 e. The molecule has 1 aromatic rings. The maximum atomic E-state index is 6.30. The van der Waals surface area contributed by atoms with Gasteiger partial charge in [-0.05, 0) is 62.1 Å². The molecule has 82 valence electrons. The fourth-order valence-electron chi connectivity index (χ4n) is 1.96. The molecule has 1 aromatic carbocycles. The Labute approximate surface area is 97.6 Å². The van der Waals surface area contributed by atoms with Crippen molar-refractivity contribution in [2.45, 2.75) is 44.9 Å². The van der Waals surface area contributed by atoms with E-state index >= 15 is 0 Å². The van der Waals surface area contributed by atoms with Crippen molar-refractivity contribution in [3.63, 3.8) is 0 Å². The van der Waals surface area contributed by atoms with Gasteiger partial charge in [0.25, 0.3) is 0 Å². The molecule has 0 aliphatic heterocycles. The summed E-state index contributed by atoms with van der Waals surface area (Å²) in [5.74, 6) is 0.818. The molecule has 1 aliphatic carbocycles. The third kappa shape index (κ3) is 2.98. The predicted molar refractivity (Wildman–Crippen MR) is 66.6 cm³/mol. The second-order valence-electron chi connectivity index (χ2n) is 4.81. The number of benzene rings is 1. The number of hydrogen-bond acceptors (Lipinski definition) is 0. The Hall–Kier alpha value is -0.490. The molecule has 0 heterocycles. The van der Waals surface area contributed by atoms with Gasteiger partial charge in [-0.15, -0.1) is 11.6 Å². The van der Waals surface area contributed by atoms with Crippen molar-refractivity contribution in [3.05, 3.63) is 34.9 Å². The quantitative estimate of drug-likeness (QED) is 0.668. The zero-order valence-electron chi connectivity index (χ0n) is 9.59. The fraction of sp³-hybridized carbons (Fsp3) is 0.571. The number of hydrogen-bond donors (Lipinski definition) is 0. The van der Waals surface area contributed by atoms with Gasteiger partial charge in [0, 0.05) is 5.38 Å². The van der Waals surface area contributed by atoms with Crippen LogP contribution in [-0.2, 0) is 6.42 Å². The summed E-state index contributed by atoms with van der Waals surface area (Å²) in [6, 6.07) is 6.75. The third-order valence-electron chi connectivity index (χ3n) is 3.41. The second kappa shape index (κ2) is 4.57. The Kier molecular flexibility index (Phi) is 3.35. The molecule has 1 unspecified atom stereocenters. The smallest absolute Gasteiger partial charge is 0.0367 e. The molecule has 1 fully saturated rings. The van der Waals surface area contributed by atoms with E-state index in [-0.39, 0.29) is 0 Å².